The van der Waals surface area contributed by atoms with E-state index in [1.54, 1.807) is 36.4 Å². The Balaban J connectivity index is 1.66. The van der Waals surface area contributed by atoms with Gasteiger partial charge in [0.15, 0.2) is 0 Å². The summed E-state index contributed by atoms with van der Waals surface area (Å²) in [4.78, 5) is 39.9. The number of anilines is 2. The SMILES string of the molecule is CC(=O)Nc1cccc(NC(=O)c2ccnc(C(=O)NCc3ccco3)c2)c1. The van der Waals surface area contributed by atoms with Gasteiger partial charge < -0.3 is 20.4 Å². The number of amides is 3. The van der Waals surface area contributed by atoms with Gasteiger partial charge in [-0.1, -0.05) is 6.07 Å². The van der Waals surface area contributed by atoms with Crippen molar-refractivity contribution in [2.45, 2.75) is 13.5 Å². The van der Waals surface area contributed by atoms with E-state index in [9.17, 15) is 14.4 Å². The first-order valence-corrected chi connectivity index (χ1v) is 8.47. The molecule has 3 N–H and O–H groups in total. The highest BCUT2D eigenvalue weighted by Crippen LogP contribution is 2.16. The highest BCUT2D eigenvalue weighted by molar-refractivity contribution is 6.06. The summed E-state index contributed by atoms with van der Waals surface area (Å²) < 4.78 is 5.16. The van der Waals surface area contributed by atoms with Crippen molar-refractivity contribution >= 4 is 29.1 Å². The molecule has 142 valence electrons. The van der Waals surface area contributed by atoms with E-state index in [-0.39, 0.29) is 23.7 Å². The zero-order valence-corrected chi connectivity index (χ0v) is 15.1. The Bertz CT molecular complexity index is 999. The van der Waals surface area contributed by atoms with Crippen molar-refractivity contribution in [3.05, 3.63) is 78.0 Å². The van der Waals surface area contributed by atoms with Gasteiger partial charge in [0.1, 0.15) is 11.5 Å². The van der Waals surface area contributed by atoms with Gasteiger partial charge in [-0.3, -0.25) is 19.4 Å². The topological polar surface area (TPSA) is 113 Å². The summed E-state index contributed by atoms with van der Waals surface area (Å²) in [7, 11) is 0. The fraction of sp³-hybridized carbons (Fsp3) is 0.100. The molecule has 0 bridgehead atoms. The second-order valence-corrected chi connectivity index (χ2v) is 5.91. The van der Waals surface area contributed by atoms with Crippen LogP contribution in [0.2, 0.25) is 0 Å². The molecular weight excluding hydrogens is 360 g/mol. The van der Waals surface area contributed by atoms with Gasteiger partial charge >= 0.3 is 0 Å². The van der Waals surface area contributed by atoms with Crippen molar-refractivity contribution in [2.24, 2.45) is 0 Å². The molecule has 0 aliphatic carbocycles. The van der Waals surface area contributed by atoms with E-state index < -0.39 is 11.8 Å². The summed E-state index contributed by atoms with van der Waals surface area (Å²) in [5.74, 6) is -0.412. The monoisotopic (exact) mass is 378 g/mol. The molecular formula is C20H18N4O4. The third kappa shape index (κ3) is 5.04. The third-order valence-electron chi connectivity index (χ3n) is 3.70. The van der Waals surface area contributed by atoms with Crippen LogP contribution in [-0.2, 0) is 11.3 Å². The molecule has 3 amide bonds. The van der Waals surface area contributed by atoms with Crippen LogP contribution in [-0.4, -0.2) is 22.7 Å². The first-order chi connectivity index (χ1) is 13.5. The molecule has 0 radical (unpaired) electrons. The molecule has 0 unspecified atom stereocenters. The Morgan fingerprint density at radius 3 is 2.46 bits per heavy atom. The quantitative estimate of drug-likeness (QED) is 0.610. The second kappa shape index (κ2) is 8.63. The van der Waals surface area contributed by atoms with Gasteiger partial charge in [-0.25, -0.2) is 0 Å². The Hall–Kier alpha value is -3.94. The third-order valence-corrected chi connectivity index (χ3v) is 3.70. The zero-order chi connectivity index (χ0) is 19.9. The van der Waals surface area contributed by atoms with Crippen LogP contribution >= 0.6 is 0 Å². The minimum atomic E-state index is -0.418. The first-order valence-electron chi connectivity index (χ1n) is 8.47. The van der Waals surface area contributed by atoms with Crippen molar-refractivity contribution in [3.63, 3.8) is 0 Å². The summed E-state index contributed by atoms with van der Waals surface area (Å²) in [6, 6.07) is 13.1. The van der Waals surface area contributed by atoms with E-state index in [0.29, 0.717) is 17.1 Å². The minimum Gasteiger partial charge on any atom is -0.467 e. The number of rotatable bonds is 6. The van der Waals surface area contributed by atoms with Gasteiger partial charge in [-0.05, 0) is 42.5 Å². The van der Waals surface area contributed by atoms with Crippen LogP contribution in [0, 0.1) is 0 Å². The lowest BCUT2D eigenvalue weighted by Crippen LogP contribution is -2.24. The van der Waals surface area contributed by atoms with Crippen LogP contribution < -0.4 is 16.0 Å². The van der Waals surface area contributed by atoms with Gasteiger partial charge in [-0.2, -0.15) is 0 Å². The Kier molecular flexibility index (Phi) is 5.81. The van der Waals surface area contributed by atoms with E-state index in [2.05, 4.69) is 20.9 Å². The number of hydrogen-bond acceptors (Lipinski definition) is 5. The van der Waals surface area contributed by atoms with Gasteiger partial charge in [-0.15, -0.1) is 0 Å². The molecule has 28 heavy (non-hydrogen) atoms. The van der Waals surface area contributed by atoms with E-state index in [1.807, 2.05) is 0 Å². The molecule has 3 rings (SSSR count). The number of nitrogens with one attached hydrogen (secondary N) is 3. The Morgan fingerprint density at radius 2 is 1.75 bits per heavy atom. The summed E-state index contributed by atoms with van der Waals surface area (Å²) in [5.41, 5.74) is 1.48. The average Bonchev–Trinajstić information content (AvgIpc) is 3.19. The standard InChI is InChI=1S/C20H18N4O4/c1-13(25)23-15-4-2-5-16(11-15)24-19(26)14-7-8-21-18(10-14)20(27)22-12-17-6-3-9-28-17/h2-11H,12H2,1H3,(H,22,27)(H,23,25)(H,24,26). The van der Waals surface area contributed by atoms with Crippen molar-refractivity contribution in [2.75, 3.05) is 10.6 Å². The predicted molar refractivity (Wildman–Crippen MR) is 103 cm³/mol. The van der Waals surface area contributed by atoms with E-state index >= 15 is 0 Å². The van der Waals surface area contributed by atoms with Crippen molar-refractivity contribution in [1.82, 2.24) is 10.3 Å². The maximum Gasteiger partial charge on any atom is 0.270 e. The van der Waals surface area contributed by atoms with Crippen LogP contribution in [0.3, 0.4) is 0 Å². The maximum atomic E-state index is 12.5. The van der Waals surface area contributed by atoms with Gasteiger partial charge in [0.2, 0.25) is 5.91 Å². The number of hydrogen-bond donors (Lipinski definition) is 3. The van der Waals surface area contributed by atoms with Crippen molar-refractivity contribution < 1.29 is 18.8 Å². The number of furan rings is 1. The number of pyridine rings is 1. The molecule has 0 fully saturated rings. The summed E-state index contributed by atoms with van der Waals surface area (Å²) in [6.45, 7) is 1.63. The molecule has 8 heteroatoms. The van der Waals surface area contributed by atoms with Crippen LogP contribution in [0.1, 0.15) is 33.5 Å². The minimum absolute atomic E-state index is 0.117. The summed E-state index contributed by atoms with van der Waals surface area (Å²) in [6.07, 6.45) is 2.91. The smallest absolute Gasteiger partial charge is 0.270 e. The fourth-order valence-corrected chi connectivity index (χ4v) is 2.45. The molecule has 8 nitrogen and oxygen atoms in total. The van der Waals surface area contributed by atoms with E-state index in [4.69, 9.17) is 4.42 Å². The highest BCUT2D eigenvalue weighted by atomic mass is 16.3. The van der Waals surface area contributed by atoms with E-state index in [0.717, 1.165) is 0 Å². The summed E-state index contributed by atoms with van der Waals surface area (Å²) in [5, 5.41) is 8.05. The molecule has 0 aliphatic heterocycles. The highest BCUT2D eigenvalue weighted by Gasteiger charge is 2.13. The van der Waals surface area contributed by atoms with Crippen LogP contribution in [0.5, 0.6) is 0 Å². The van der Waals surface area contributed by atoms with E-state index in [1.165, 1.54) is 31.5 Å². The fourth-order valence-electron chi connectivity index (χ4n) is 2.45. The molecule has 0 aliphatic rings. The molecule has 0 atom stereocenters. The van der Waals surface area contributed by atoms with Gasteiger partial charge in [0.05, 0.1) is 12.8 Å². The van der Waals surface area contributed by atoms with Gasteiger partial charge in [0, 0.05) is 30.1 Å². The molecule has 0 spiro atoms. The molecule has 0 saturated heterocycles. The van der Waals surface area contributed by atoms with Gasteiger partial charge in [0.25, 0.3) is 11.8 Å². The maximum absolute atomic E-state index is 12.5. The first kappa shape index (κ1) is 18.8. The number of carbonyl (C=O) groups excluding carboxylic acids is 3. The van der Waals surface area contributed by atoms with Crippen molar-refractivity contribution in [1.29, 1.82) is 0 Å². The number of carbonyl (C=O) groups is 3. The lowest BCUT2D eigenvalue weighted by Gasteiger charge is -2.09. The lowest BCUT2D eigenvalue weighted by atomic mass is 10.2. The molecule has 1 aromatic carbocycles. The number of aromatic nitrogens is 1. The normalized spacial score (nSPS) is 10.2. The molecule has 0 saturated carbocycles. The zero-order valence-electron chi connectivity index (χ0n) is 15.1. The predicted octanol–water partition coefficient (Wildman–Crippen LogP) is 2.82. The summed E-state index contributed by atoms with van der Waals surface area (Å²) >= 11 is 0. The Labute approximate surface area is 161 Å². The van der Waals surface area contributed by atoms with Crippen LogP contribution in [0.4, 0.5) is 11.4 Å². The van der Waals surface area contributed by atoms with Crippen molar-refractivity contribution in [3.8, 4) is 0 Å². The lowest BCUT2D eigenvalue weighted by molar-refractivity contribution is -0.114. The number of benzene rings is 1. The Morgan fingerprint density at radius 1 is 0.964 bits per heavy atom. The molecule has 2 heterocycles. The molecule has 2 aromatic heterocycles. The number of nitrogens with zero attached hydrogens (tertiary/aromatic N) is 1. The second-order valence-electron chi connectivity index (χ2n) is 5.91. The molecule has 3 aromatic rings. The van der Waals surface area contributed by atoms with Crippen LogP contribution in [0.15, 0.2) is 65.4 Å². The largest absolute Gasteiger partial charge is 0.467 e. The van der Waals surface area contributed by atoms with Crippen LogP contribution in [0.25, 0.3) is 0 Å². The average molecular weight is 378 g/mol.